The Morgan fingerprint density at radius 1 is 0.952 bits per heavy atom. The van der Waals surface area contributed by atoms with Crippen LogP contribution in [0.5, 0.6) is 0 Å². The molecular formula is C18H34O3. The molecule has 0 N–H and O–H groups in total. The van der Waals surface area contributed by atoms with E-state index >= 15 is 0 Å². The first kappa shape index (κ1) is 20.2. The first-order valence-corrected chi connectivity index (χ1v) is 8.18. The van der Waals surface area contributed by atoms with Crippen LogP contribution in [-0.2, 0) is 14.6 Å². The Balaban J connectivity index is 3.43. The van der Waals surface area contributed by atoms with Gasteiger partial charge in [-0.2, -0.15) is 4.89 Å². The topological polar surface area (TPSA) is 35.5 Å². The highest BCUT2D eigenvalue weighted by atomic mass is 17.2. The summed E-state index contributed by atoms with van der Waals surface area (Å²) in [5.74, 6) is -0.294. The van der Waals surface area contributed by atoms with Crippen LogP contribution in [0.25, 0.3) is 0 Å². The van der Waals surface area contributed by atoms with Crippen molar-refractivity contribution in [2.45, 2.75) is 91.6 Å². The zero-order chi connectivity index (χ0) is 16.4. The molecule has 0 rings (SSSR count). The molecule has 0 bridgehead atoms. The maximum Gasteiger partial charge on any atom is 0.342 e. The molecule has 0 amide bonds. The van der Waals surface area contributed by atoms with Crippen LogP contribution in [0.4, 0.5) is 0 Å². The molecule has 0 aliphatic carbocycles. The number of carbonyl (C=O) groups excluding carboxylic acids is 1. The van der Waals surface area contributed by atoms with E-state index in [9.17, 15) is 4.79 Å². The van der Waals surface area contributed by atoms with E-state index in [0.29, 0.717) is 11.8 Å². The molecular weight excluding hydrogens is 264 g/mol. The van der Waals surface area contributed by atoms with Gasteiger partial charge in [0.25, 0.3) is 0 Å². The zero-order valence-corrected chi connectivity index (χ0v) is 14.7. The maximum absolute atomic E-state index is 11.5. The molecule has 0 heterocycles. The van der Waals surface area contributed by atoms with E-state index in [1.165, 1.54) is 32.1 Å². The summed E-state index contributed by atoms with van der Waals surface area (Å²) in [6.07, 6.45) is 10.3. The van der Waals surface area contributed by atoms with Gasteiger partial charge in [0.1, 0.15) is 5.60 Å². The predicted octanol–water partition coefficient (Wildman–Crippen LogP) is 5.59. The lowest BCUT2D eigenvalue weighted by Gasteiger charge is -2.17. The second-order valence-electron chi connectivity index (χ2n) is 7.53. The SMILES string of the molecule is C=CC(C)(C)OOC(=O)CCCCCCCCC(C)(C)C. The third kappa shape index (κ3) is 13.9. The van der Waals surface area contributed by atoms with Crippen molar-refractivity contribution in [3.8, 4) is 0 Å². The summed E-state index contributed by atoms with van der Waals surface area (Å²) in [4.78, 5) is 21.3. The summed E-state index contributed by atoms with van der Waals surface area (Å²) in [6, 6.07) is 0. The zero-order valence-electron chi connectivity index (χ0n) is 14.7. The minimum atomic E-state index is -0.622. The lowest BCUT2D eigenvalue weighted by atomic mass is 9.89. The van der Waals surface area contributed by atoms with Gasteiger partial charge in [-0.3, -0.25) is 4.89 Å². The Kier molecular flexibility index (Phi) is 9.60. The summed E-state index contributed by atoms with van der Waals surface area (Å²) in [5.41, 5.74) is -0.175. The van der Waals surface area contributed by atoms with Gasteiger partial charge in [0.15, 0.2) is 0 Å². The van der Waals surface area contributed by atoms with E-state index in [2.05, 4.69) is 27.4 Å². The number of hydrogen-bond donors (Lipinski definition) is 0. The highest BCUT2D eigenvalue weighted by Crippen LogP contribution is 2.22. The van der Waals surface area contributed by atoms with Gasteiger partial charge in [-0.1, -0.05) is 59.0 Å². The van der Waals surface area contributed by atoms with Gasteiger partial charge in [0.05, 0.1) is 0 Å². The highest BCUT2D eigenvalue weighted by Gasteiger charge is 2.17. The van der Waals surface area contributed by atoms with Gasteiger partial charge in [0.2, 0.25) is 0 Å². The molecule has 0 atom stereocenters. The van der Waals surface area contributed by atoms with E-state index in [1.807, 2.05) is 0 Å². The minimum absolute atomic E-state index is 0.294. The lowest BCUT2D eigenvalue weighted by molar-refractivity contribution is -0.312. The van der Waals surface area contributed by atoms with Crippen LogP contribution in [0, 0.1) is 5.41 Å². The summed E-state index contributed by atoms with van der Waals surface area (Å²) in [6.45, 7) is 14.1. The van der Waals surface area contributed by atoms with E-state index in [4.69, 9.17) is 9.78 Å². The van der Waals surface area contributed by atoms with E-state index in [0.717, 1.165) is 12.8 Å². The number of rotatable bonds is 11. The van der Waals surface area contributed by atoms with E-state index in [1.54, 1.807) is 19.9 Å². The lowest BCUT2D eigenvalue weighted by Crippen LogP contribution is -2.23. The molecule has 0 aliphatic rings. The fourth-order valence-corrected chi connectivity index (χ4v) is 1.86. The van der Waals surface area contributed by atoms with E-state index < -0.39 is 5.60 Å². The molecule has 0 aromatic rings. The van der Waals surface area contributed by atoms with Crippen LogP contribution < -0.4 is 0 Å². The molecule has 0 spiro atoms. The third-order valence-electron chi connectivity index (χ3n) is 3.40. The maximum atomic E-state index is 11.5. The van der Waals surface area contributed by atoms with Crippen molar-refractivity contribution >= 4 is 5.97 Å². The van der Waals surface area contributed by atoms with Gasteiger partial charge in [-0.05, 0) is 32.1 Å². The van der Waals surface area contributed by atoms with Gasteiger partial charge >= 0.3 is 5.97 Å². The van der Waals surface area contributed by atoms with E-state index in [-0.39, 0.29) is 5.97 Å². The molecule has 0 fully saturated rings. The standard InChI is InChI=1S/C18H34O3/c1-7-18(5,6)21-20-16(19)14-12-10-8-9-11-13-15-17(2,3)4/h7H,1,8-15H2,2-6H3. The van der Waals surface area contributed by atoms with Crippen molar-refractivity contribution < 1.29 is 14.6 Å². The van der Waals surface area contributed by atoms with Crippen molar-refractivity contribution in [3.05, 3.63) is 12.7 Å². The molecule has 124 valence electrons. The first-order valence-electron chi connectivity index (χ1n) is 8.18. The molecule has 3 heteroatoms. The number of unbranched alkanes of at least 4 members (excludes halogenated alkanes) is 5. The van der Waals surface area contributed by atoms with Crippen molar-refractivity contribution in [3.63, 3.8) is 0 Å². The second-order valence-corrected chi connectivity index (χ2v) is 7.53. The monoisotopic (exact) mass is 298 g/mol. The number of hydrogen-bond acceptors (Lipinski definition) is 3. The third-order valence-corrected chi connectivity index (χ3v) is 3.40. The smallest absolute Gasteiger partial charge is 0.297 e. The van der Waals surface area contributed by atoms with Crippen molar-refractivity contribution in [2.24, 2.45) is 5.41 Å². The van der Waals surface area contributed by atoms with Crippen molar-refractivity contribution in [1.82, 2.24) is 0 Å². The first-order chi connectivity index (χ1) is 9.66. The molecule has 0 saturated carbocycles. The van der Waals surface area contributed by atoms with Crippen molar-refractivity contribution in [2.75, 3.05) is 0 Å². The molecule has 0 aromatic heterocycles. The minimum Gasteiger partial charge on any atom is -0.297 e. The van der Waals surface area contributed by atoms with Crippen molar-refractivity contribution in [1.29, 1.82) is 0 Å². The molecule has 0 saturated heterocycles. The average Bonchev–Trinajstić information content (AvgIpc) is 2.38. The summed E-state index contributed by atoms with van der Waals surface area (Å²) >= 11 is 0. The predicted molar refractivity (Wildman–Crippen MR) is 87.8 cm³/mol. The quantitative estimate of drug-likeness (QED) is 0.216. The van der Waals surface area contributed by atoms with Gasteiger partial charge in [-0.15, -0.1) is 6.58 Å². The summed E-state index contributed by atoms with van der Waals surface area (Å²) < 4.78 is 0. The Morgan fingerprint density at radius 2 is 1.48 bits per heavy atom. The van der Waals surface area contributed by atoms with Crippen LogP contribution in [-0.4, -0.2) is 11.6 Å². The molecule has 0 unspecified atom stereocenters. The fourth-order valence-electron chi connectivity index (χ4n) is 1.86. The molecule has 0 aromatic carbocycles. The highest BCUT2D eigenvalue weighted by molar-refractivity contribution is 5.68. The largest absolute Gasteiger partial charge is 0.342 e. The Morgan fingerprint density at radius 3 is 2.00 bits per heavy atom. The second kappa shape index (κ2) is 9.99. The van der Waals surface area contributed by atoms with Crippen LogP contribution in [0.15, 0.2) is 12.7 Å². The van der Waals surface area contributed by atoms with Crippen LogP contribution in [0.3, 0.4) is 0 Å². The Bertz CT molecular complexity index is 300. The van der Waals surface area contributed by atoms with Gasteiger partial charge in [-0.25, -0.2) is 4.79 Å². The average molecular weight is 298 g/mol. The van der Waals surface area contributed by atoms with Gasteiger partial charge < -0.3 is 0 Å². The summed E-state index contributed by atoms with van der Waals surface area (Å²) in [7, 11) is 0. The fraction of sp³-hybridized carbons (Fsp3) is 0.833. The van der Waals surface area contributed by atoms with Gasteiger partial charge in [0, 0.05) is 6.42 Å². The Hall–Kier alpha value is -0.830. The molecule has 0 radical (unpaired) electrons. The number of carbonyl (C=O) groups is 1. The molecule has 21 heavy (non-hydrogen) atoms. The van der Waals surface area contributed by atoms with Crippen LogP contribution in [0.1, 0.15) is 86.0 Å². The van der Waals surface area contributed by atoms with Crippen LogP contribution >= 0.6 is 0 Å². The van der Waals surface area contributed by atoms with Crippen LogP contribution in [0.2, 0.25) is 0 Å². The Labute approximate surface area is 131 Å². The molecule has 0 aliphatic heterocycles. The normalized spacial score (nSPS) is 12.2. The molecule has 3 nitrogen and oxygen atoms in total. The summed E-state index contributed by atoms with van der Waals surface area (Å²) in [5, 5.41) is 0.